The average molecular weight is 338 g/mol. The summed E-state index contributed by atoms with van der Waals surface area (Å²) in [5.41, 5.74) is 4.59. The highest BCUT2D eigenvalue weighted by molar-refractivity contribution is 5.78. The van der Waals surface area contributed by atoms with Crippen LogP contribution in [0.4, 0.5) is 13.2 Å². The van der Waals surface area contributed by atoms with E-state index in [2.05, 4.69) is 10.5 Å². The number of hydrogen-bond acceptors (Lipinski definition) is 2. The lowest BCUT2D eigenvalue weighted by atomic mass is 9.97. The van der Waals surface area contributed by atoms with Crippen LogP contribution >= 0.6 is 0 Å². The lowest BCUT2D eigenvalue weighted by Crippen LogP contribution is -2.59. The molecule has 0 aliphatic rings. The van der Waals surface area contributed by atoms with Crippen molar-refractivity contribution in [1.82, 2.24) is 0 Å². The maximum Gasteiger partial charge on any atom is 0.328 e. The number of quaternary nitrogens is 1. The number of rotatable bonds is 6. The van der Waals surface area contributed by atoms with Gasteiger partial charge in [-0.1, -0.05) is 42.5 Å². The SMILES string of the molecule is CC(C(=O)OCC(F)(F)C[NH3+])c1ccc(-c2ccccc2)c(F)c1. The third-order valence-electron chi connectivity index (χ3n) is 3.72. The molecule has 1 atom stereocenters. The molecule has 24 heavy (non-hydrogen) atoms. The number of benzene rings is 2. The van der Waals surface area contributed by atoms with Crippen LogP contribution in [0, 0.1) is 5.82 Å². The number of halogens is 3. The highest BCUT2D eigenvalue weighted by atomic mass is 19.3. The van der Waals surface area contributed by atoms with Crippen LogP contribution in [-0.4, -0.2) is 25.0 Å². The van der Waals surface area contributed by atoms with Crippen molar-refractivity contribution in [2.45, 2.75) is 18.8 Å². The second-order valence-corrected chi connectivity index (χ2v) is 5.54. The minimum absolute atomic E-state index is 0.370. The zero-order valence-corrected chi connectivity index (χ0v) is 13.3. The molecule has 0 saturated carbocycles. The highest BCUT2D eigenvalue weighted by Crippen LogP contribution is 2.27. The van der Waals surface area contributed by atoms with Crippen molar-refractivity contribution < 1.29 is 28.4 Å². The summed E-state index contributed by atoms with van der Waals surface area (Å²) in [5, 5.41) is 0. The van der Waals surface area contributed by atoms with E-state index in [1.807, 2.05) is 6.07 Å². The van der Waals surface area contributed by atoms with E-state index in [-0.39, 0.29) is 0 Å². The molecule has 0 spiro atoms. The Morgan fingerprint density at radius 1 is 1.21 bits per heavy atom. The van der Waals surface area contributed by atoms with Gasteiger partial charge in [0.2, 0.25) is 0 Å². The smallest absolute Gasteiger partial charge is 0.328 e. The Morgan fingerprint density at radius 3 is 2.46 bits per heavy atom. The van der Waals surface area contributed by atoms with Crippen LogP contribution in [0.1, 0.15) is 18.4 Å². The Morgan fingerprint density at radius 2 is 1.88 bits per heavy atom. The van der Waals surface area contributed by atoms with E-state index in [1.165, 1.54) is 13.0 Å². The minimum Gasteiger partial charge on any atom is -0.459 e. The van der Waals surface area contributed by atoms with Crippen LogP contribution in [0.3, 0.4) is 0 Å². The van der Waals surface area contributed by atoms with E-state index in [0.29, 0.717) is 16.7 Å². The second kappa shape index (κ2) is 7.49. The van der Waals surface area contributed by atoms with Gasteiger partial charge in [-0.05, 0) is 24.1 Å². The zero-order valence-electron chi connectivity index (χ0n) is 13.3. The fourth-order valence-corrected chi connectivity index (χ4v) is 2.16. The van der Waals surface area contributed by atoms with Crippen LogP contribution in [0.2, 0.25) is 0 Å². The molecule has 2 aromatic rings. The molecule has 1 unspecified atom stereocenters. The van der Waals surface area contributed by atoms with Gasteiger partial charge in [0, 0.05) is 5.56 Å². The van der Waals surface area contributed by atoms with Crippen molar-refractivity contribution in [3.63, 3.8) is 0 Å². The van der Waals surface area contributed by atoms with Gasteiger partial charge in [-0.3, -0.25) is 4.79 Å². The summed E-state index contributed by atoms with van der Waals surface area (Å²) in [6, 6.07) is 13.4. The summed E-state index contributed by atoms with van der Waals surface area (Å²) in [5.74, 6) is -5.31. The van der Waals surface area contributed by atoms with E-state index in [4.69, 9.17) is 0 Å². The number of ether oxygens (including phenoxy) is 1. The van der Waals surface area contributed by atoms with E-state index < -0.39 is 36.8 Å². The quantitative estimate of drug-likeness (QED) is 0.823. The van der Waals surface area contributed by atoms with Crippen molar-refractivity contribution in [2.75, 3.05) is 13.2 Å². The van der Waals surface area contributed by atoms with Gasteiger partial charge < -0.3 is 10.5 Å². The normalized spacial score (nSPS) is 12.7. The summed E-state index contributed by atoms with van der Waals surface area (Å²) in [4.78, 5) is 11.9. The molecule has 0 aliphatic carbocycles. The monoisotopic (exact) mass is 338 g/mol. The van der Waals surface area contributed by atoms with Crippen molar-refractivity contribution in [3.8, 4) is 11.1 Å². The molecular weight excluding hydrogens is 319 g/mol. The first-order valence-electron chi connectivity index (χ1n) is 7.52. The van der Waals surface area contributed by atoms with Crippen LogP contribution in [-0.2, 0) is 9.53 Å². The van der Waals surface area contributed by atoms with Gasteiger partial charge in [-0.15, -0.1) is 0 Å². The molecule has 3 nitrogen and oxygen atoms in total. The van der Waals surface area contributed by atoms with Crippen molar-refractivity contribution in [1.29, 1.82) is 0 Å². The third kappa shape index (κ3) is 4.35. The molecule has 0 aliphatic heterocycles. The van der Waals surface area contributed by atoms with Crippen molar-refractivity contribution in [3.05, 3.63) is 59.9 Å². The number of hydrogen-bond donors (Lipinski definition) is 1. The lowest BCUT2D eigenvalue weighted by molar-refractivity contribution is -0.409. The third-order valence-corrected chi connectivity index (χ3v) is 3.72. The maximum atomic E-state index is 14.3. The first kappa shape index (κ1) is 18.0. The Kier molecular flexibility index (Phi) is 5.62. The highest BCUT2D eigenvalue weighted by Gasteiger charge is 2.32. The molecule has 0 fully saturated rings. The fraction of sp³-hybridized carbons (Fsp3) is 0.278. The topological polar surface area (TPSA) is 53.9 Å². The fourth-order valence-electron chi connectivity index (χ4n) is 2.16. The molecular formula is C18H19F3NO2+. The van der Waals surface area contributed by atoms with Crippen LogP contribution in [0.5, 0.6) is 0 Å². The van der Waals surface area contributed by atoms with E-state index in [9.17, 15) is 18.0 Å². The first-order chi connectivity index (χ1) is 11.3. The summed E-state index contributed by atoms with van der Waals surface area (Å²) in [6.45, 7) is -0.194. The Bertz CT molecular complexity index is 705. The maximum absolute atomic E-state index is 14.3. The number of carbonyl (C=O) groups excluding carboxylic acids is 1. The molecule has 128 valence electrons. The zero-order chi connectivity index (χ0) is 17.7. The predicted molar refractivity (Wildman–Crippen MR) is 83.9 cm³/mol. The van der Waals surface area contributed by atoms with Gasteiger partial charge in [-0.2, -0.15) is 8.78 Å². The Labute approximate surface area is 138 Å². The van der Waals surface area contributed by atoms with Gasteiger partial charge in [0.1, 0.15) is 12.4 Å². The molecule has 3 N–H and O–H groups in total. The lowest BCUT2D eigenvalue weighted by Gasteiger charge is -2.16. The van der Waals surface area contributed by atoms with Gasteiger partial charge in [0.05, 0.1) is 5.92 Å². The largest absolute Gasteiger partial charge is 0.459 e. The molecule has 0 bridgehead atoms. The van der Waals surface area contributed by atoms with Crippen LogP contribution in [0.25, 0.3) is 11.1 Å². The summed E-state index contributed by atoms with van der Waals surface area (Å²) in [7, 11) is 0. The molecule has 0 saturated heterocycles. The molecule has 0 radical (unpaired) electrons. The van der Waals surface area contributed by atoms with Gasteiger partial charge in [-0.25, -0.2) is 4.39 Å². The van der Waals surface area contributed by atoms with Crippen LogP contribution in [0.15, 0.2) is 48.5 Å². The molecule has 0 amide bonds. The summed E-state index contributed by atoms with van der Waals surface area (Å²) in [6.07, 6.45) is 0. The summed E-state index contributed by atoms with van der Waals surface area (Å²) >= 11 is 0. The molecule has 0 aromatic heterocycles. The predicted octanol–water partition coefficient (Wildman–Crippen LogP) is 3.02. The number of esters is 1. The molecule has 6 heteroatoms. The van der Waals surface area contributed by atoms with Crippen molar-refractivity contribution in [2.24, 2.45) is 0 Å². The van der Waals surface area contributed by atoms with E-state index in [0.717, 1.165) is 0 Å². The van der Waals surface area contributed by atoms with Crippen molar-refractivity contribution >= 4 is 5.97 Å². The molecule has 0 heterocycles. The minimum atomic E-state index is -3.15. The number of alkyl halides is 2. The average Bonchev–Trinajstić information content (AvgIpc) is 2.59. The Hall–Kier alpha value is -2.34. The van der Waals surface area contributed by atoms with Gasteiger partial charge >= 0.3 is 11.9 Å². The molecule has 2 rings (SSSR count). The van der Waals surface area contributed by atoms with E-state index in [1.54, 1.807) is 36.4 Å². The summed E-state index contributed by atoms with van der Waals surface area (Å²) < 4.78 is 45.1. The standard InChI is InChI=1S/C18H18F3NO2/c1-12(17(23)24-11-18(20,21)10-22)14-7-8-15(16(19)9-14)13-5-3-2-4-6-13/h2-9,12H,10-11,22H2,1H3/p+1. The molecule has 2 aromatic carbocycles. The Balaban J connectivity index is 2.12. The van der Waals surface area contributed by atoms with E-state index >= 15 is 0 Å². The second-order valence-electron chi connectivity index (χ2n) is 5.54. The number of carbonyl (C=O) groups is 1. The van der Waals surface area contributed by atoms with Gasteiger partial charge in [0.15, 0.2) is 6.61 Å². The first-order valence-corrected chi connectivity index (χ1v) is 7.52. The van der Waals surface area contributed by atoms with Crippen LogP contribution < -0.4 is 5.73 Å². The van der Waals surface area contributed by atoms with Gasteiger partial charge in [0.25, 0.3) is 0 Å².